The third-order valence-electron chi connectivity index (χ3n) is 3.96. The second-order valence-electron chi connectivity index (χ2n) is 5.53. The fourth-order valence-electron chi connectivity index (χ4n) is 2.73. The van der Waals surface area contributed by atoms with Crippen molar-refractivity contribution in [2.75, 3.05) is 5.01 Å². The van der Waals surface area contributed by atoms with Crippen molar-refractivity contribution in [2.45, 2.75) is 0 Å². The van der Waals surface area contributed by atoms with E-state index in [1.54, 1.807) is 30.5 Å². The summed E-state index contributed by atoms with van der Waals surface area (Å²) >= 11 is 2.19. The molecular formula is C19H12IN3O2. The Hall–Kier alpha value is -2.74. The Morgan fingerprint density at radius 2 is 1.76 bits per heavy atom. The standard InChI is InChI=1S/C19H12IN3O2/c20-13-5-7-14(8-6-13)23-19(25)16(18(24)22-23)11-12-9-10-21-17-4-2-1-3-15(12)17/h1-11H,(H,22,24)/b16-11-. The van der Waals surface area contributed by atoms with E-state index in [9.17, 15) is 9.59 Å². The topological polar surface area (TPSA) is 62.3 Å². The van der Waals surface area contributed by atoms with Crippen LogP contribution in [-0.4, -0.2) is 16.8 Å². The molecule has 3 aromatic rings. The van der Waals surface area contributed by atoms with Crippen LogP contribution < -0.4 is 10.4 Å². The van der Waals surface area contributed by atoms with Crippen molar-refractivity contribution in [3.05, 3.63) is 75.5 Å². The van der Waals surface area contributed by atoms with Gasteiger partial charge in [0.15, 0.2) is 0 Å². The van der Waals surface area contributed by atoms with Crippen LogP contribution in [0.25, 0.3) is 17.0 Å². The highest BCUT2D eigenvalue weighted by molar-refractivity contribution is 14.1. The summed E-state index contributed by atoms with van der Waals surface area (Å²) in [7, 11) is 0. The number of nitrogens with one attached hydrogen (secondary N) is 1. The van der Waals surface area contributed by atoms with Crippen LogP contribution in [0.5, 0.6) is 0 Å². The summed E-state index contributed by atoms with van der Waals surface area (Å²) in [5.74, 6) is -0.781. The molecule has 0 unspecified atom stereocenters. The molecule has 0 spiro atoms. The molecule has 4 rings (SSSR count). The molecule has 2 heterocycles. The number of hydrogen-bond donors (Lipinski definition) is 1. The number of carbonyl (C=O) groups excluding carboxylic acids is 2. The van der Waals surface area contributed by atoms with Crippen molar-refractivity contribution in [1.82, 2.24) is 10.4 Å². The average Bonchev–Trinajstić information content (AvgIpc) is 2.91. The summed E-state index contributed by atoms with van der Waals surface area (Å²) < 4.78 is 1.05. The van der Waals surface area contributed by atoms with Gasteiger partial charge in [-0.15, -0.1) is 0 Å². The van der Waals surface area contributed by atoms with Gasteiger partial charge in [-0.25, -0.2) is 5.01 Å². The van der Waals surface area contributed by atoms with Crippen LogP contribution in [0.1, 0.15) is 5.56 Å². The van der Waals surface area contributed by atoms with Gasteiger partial charge in [0.05, 0.1) is 11.2 Å². The van der Waals surface area contributed by atoms with Gasteiger partial charge in [-0.3, -0.25) is 20.0 Å². The highest BCUT2D eigenvalue weighted by Crippen LogP contribution is 2.24. The first-order valence-corrected chi connectivity index (χ1v) is 8.68. The normalized spacial score (nSPS) is 15.9. The highest BCUT2D eigenvalue weighted by atomic mass is 127. The van der Waals surface area contributed by atoms with Gasteiger partial charge in [-0.1, -0.05) is 18.2 Å². The van der Waals surface area contributed by atoms with Crippen LogP contribution in [0.3, 0.4) is 0 Å². The molecular weight excluding hydrogens is 429 g/mol. The Balaban J connectivity index is 1.75. The number of amides is 2. The van der Waals surface area contributed by atoms with E-state index in [1.807, 2.05) is 36.4 Å². The number of rotatable bonds is 2. The molecule has 25 heavy (non-hydrogen) atoms. The predicted molar refractivity (Wildman–Crippen MR) is 105 cm³/mol. The number of para-hydroxylation sites is 1. The van der Waals surface area contributed by atoms with Gasteiger partial charge in [-0.05, 0) is 70.6 Å². The Bertz CT molecular complexity index is 1020. The first kappa shape index (κ1) is 15.8. The summed E-state index contributed by atoms with van der Waals surface area (Å²) in [5.41, 5.74) is 4.95. The lowest BCUT2D eigenvalue weighted by Gasteiger charge is -2.14. The lowest BCUT2D eigenvalue weighted by molar-refractivity contribution is -0.117. The molecule has 1 aromatic heterocycles. The fourth-order valence-corrected chi connectivity index (χ4v) is 3.09. The molecule has 0 aliphatic carbocycles. The second kappa shape index (κ2) is 6.29. The maximum absolute atomic E-state index is 12.7. The number of nitrogens with zero attached hydrogens (tertiary/aromatic N) is 2. The largest absolute Gasteiger partial charge is 0.282 e. The van der Waals surface area contributed by atoms with Crippen LogP contribution in [0, 0.1) is 3.57 Å². The van der Waals surface area contributed by atoms with E-state index >= 15 is 0 Å². The predicted octanol–water partition coefficient (Wildman–Crippen LogP) is 3.30. The molecule has 1 aliphatic rings. The lowest BCUT2D eigenvalue weighted by atomic mass is 10.1. The van der Waals surface area contributed by atoms with Gasteiger partial charge in [-0.2, -0.15) is 0 Å². The van der Waals surface area contributed by atoms with Crippen molar-refractivity contribution < 1.29 is 9.59 Å². The highest BCUT2D eigenvalue weighted by Gasteiger charge is 2.34. The molecule has 0 saturated carbocycles. The van der Waals surface area contributed by atoms with Crippen LogP contribution in [0.2, 0.25) is 0 Å². The number of halogens is 1. The lowest BCUT2D eigenvalue weighted by Crippen LogP contribution is -2.35. The van der Waals surface area contributed by atoms with Crippen LogP contribution in [0.15, 0.2) is 66.4 Å². The molecule has 0 radical (unpaired) electrons. The zero-order valence-corrected chi connectivity index (χ0v) is 15.1. The molecule has 1 saturated heterocycles. The zero-order valence-electron chi connectivity index (χ0n) is 12.9. The molecule has 1 aliphatic heterocycles. The van der Waals surface area contributed by atoms with Gasteiger partial charge in [0, 0.05) is 15.2 Å². The Labute approximate surface area is 157 Å². The summed E-state index contributed by atoms with van der Waals surface area (Å²) in [4.78, 5) is 29.3. The molecule has 1 N–H and O–H groups in total. The number of aromatic nitrogens is 1. The molecule has 0 atom stereocenters. The molecule has 2 aromatic carbocycles. The number of anilines is 1. The first-order chi connectivity index (χ1) is 12.1. The SMILES string of the molecule is O=C1NN(c2ccc(I)cc2)C(=O)/C1=C\c1ccnc2ccccc12. The minimum atomic E-state index is -0.413. The number of fused-ring (bicyclic) bond motifs is 1. The Kier molecular flexibility index (Phi) is 3.96. The van der Waals surface area contributed by atoms with E-state index in [4.69, 9.17) is 0 Å². The van der Waals surface area contributed by atoms with E-state index in [1.165, 1.54) is 5.01 Å². The van der Waals surface area contributed by atoms with E-state index in [2.05, 4.69) is 33.0 Å². The fraction of sp³-hybridized carbons (Fsp3) is 0. The molecule has 5 nitrogen and oxygen atoms in total. The van der Waals surface area contributed by atoms with Crippen molar-refractivity contribution in [3.63, 3.8) is 0 Å². The van der Waals surface area contributed by atoms with Crippen molar-refractivity contribution in [2.24, 2.45) is 0 Å². The number of carbonyl (C=O) groups is 2. The van der Waals surface area contributed by atoms with Crippen molar-refractivity contribution in [1.29, 1.82) is 0 Å². The van der Waals surface area contributed by atoms with Gasteiger partial charge in [0.25, 0.3) is 11.8 Å². The Morgan fingerprint density at radius 3 is 2.56 bits per heavy atom. The number of hydrogen-bond acceptors (Lipinski definition) is 3. The third-order valence-corrected chi connectivity index (χ3v) is 4.68. The quantitative estimate of drug-likeness (QED) is 0.377. The van der Waals surface area contributed by atoms with Crippen LogP contribution in [-0.2, 0) is 9.59 Å². The van der Waals surface area contributed by atoms with Crippen molar-refractivity contribution in [3.8, 4) is 0 Å². The molecule has 1 fully saturated rings. The summed E-state index contributed by atoms with van der Waals surface area (Å²) in [5, 5.41) is 2.17. The van der Waals surface area contributed by atoms with Crippen LogP contribution in [0.4, 0.5) is 5.69 Å². The molecule has 122 valence electrons. The van der Waals surface area contributed by atoms with E-state index in [-0.39, 0.29) is 11.5 Å². The first-order valence-electron chi connectivity index (χ1n) is 7.60. The smallest absolute Gasteiger partial charge is 0.267 e. The van der Waals surface area contributed by atoms with E-state index < -0.39 is 5.91 Å². The molecule has 6 heteroatoms. The Morgan fingerprint density at radius 1 is 1.00 bits per heavy atom. The molecule has 0 bridgehead atoms. The second-order valence-corrected chi connectivity index (χ2v) is 6.78. The van der Waals surface area contributed by atoms with E-state index in [0.717, 1.165) is 20.0 Å². The van der Waals surface area contributed by atoms with Crippen molar-refractivity contribution >= 4 is 57.1 Å². The average molecular weight is 441 g/mol. The zero-order chi connectivity index (χ0) is 17.4. The summed E-state index contributed by atoms with van der Waals surface area (Å²) in [6.45, 7) is 0. The van der Waals surface area contributed by atoms with Gasteiger partial charge in [0.2, 0.25) is 0 Å². The van der Waals surface area contributed by atoms with Crippen LogP contribution >= 0.6 is 22.6 Å². The number of benzene rings is 2. The van der Waals surface area contributed by atoms with Gasteiger partial charge >= 0.3 is 0 Å². The van der Waals surface area contributed by atoms with Gasteiger partial charge < -0.3 is 0 Å². The minimum absolute atomic E-state index is 0.106. The number of pyridine rings is 1. The third kappa shape index (κ3) is 2.89. The maximum atomic E-state index is 12.7. The maximum Gasteiger partial charge on any atom is 0.282 e. The summed E-state index contributed by atoms with van der Waals surface area (Å²) in [6, 6.07) is 16.8. The monoisotopic (exact) mass is 441 g/mol. The van der Waals surface area contributed by atoms with E-state index in [0.29, 0.717) is 5.69 Å². The van der Waals surface area contributed by atoms with Gasteiger partial charge in [0.1, 0.15) is 5.57 Å². The molecule has 2 amide bonds. The number of hydrazine groups is 1. The minimum Gasteiger partial charge on any atom is -0.267 e. The summed E-state index contributed by atoms with van der Waals surface area (Å²) in [6.07, 6.45) is 3.29.